The molecule has 0 aromatic heterocycles. The Morgan fingerprint density at radius 1 is 1.75 bits per heavy atom. The lowest BCUT2D eigenvalue weighted by Crippen LogP contribution is -2.28. The van der Waals surface area contributed by atoms with Gasteiger partial charge in [0.25, 0.3) is 0 Å². The molecule has 1 atom stereocenters. The largest absolute Gasteiger partial charge is 0.394 e. The Bertz CT molecular complexity index is 180. The molecule has 0 aromatic rings. The summed E-state index contributed by atoms with van der Waals surface area (Å²) < 4.78 is 0. The zero-order valence-corrected chi connectivity index (χ0v) is 7.75. The van der Waals surface area contributed by atoms with Crippen LogP contribution in [0, 0.1) is 0 Å². The highest BCUT2D eigenvalue weighted by atomic mass is 32.1. The van der Waals surface area contributed by atoms with Crippen LogP contribution < -0.4 is 11.5 Å². The number of oxime groups is 1. The summed E-state index contributed by atoms with van der Waals surface area (Å²) in [6, 6.07) is -0.596. The zero-order valence-electron chi connectivity index (χ0n) is 6.86. The second kappa shape index (κ2) is 5.84. The molecule has 0 rings (SSSR count). The Kier molecular flexibility index (Phi) is 5.48. The van der Waals surface area contributed by atoms with Crippen molar-refractivity contribution >= 4 is 23.6 Å². The summed E-state index contributed by atoms with van der Waals surface area (Å²) in [6.45, 7) is 1.87. The van der Waals surface area contributed by atoms with Gasteiger partial charge >= 0.3 is 0 Å². The van der Waals surface area contributed by atoms with Gasteiger partial charge in [-0.25, -0.2) is 0 Å². The molecule has 0 aliphatic heterocycles. The Balaban J connectivity index is 3.44. The third kappa shape index (κ3) is 5.99. The van der Waals surface area contributed by atoms with Gasteiger partial charge in [0.1, 0.15) is 12.4 Å². The number of hydrogen-bond acceptors (Lipinski definition) is 4. The fourth-order valence-electron chi connectivity index (χ4n) is 0.451. The number of nitrogens with zero attached hydrogens (tertiary/aromatic N) is 1. The molecule has 0 unspecified atom stereocenters. The van der Waals surface area contributed by atoms with E-state index in [2.05, 4.69) is 17.8 Å². The molecule has 12 heavy (non-hydrogen) atoms. The molecule has 0 saturated carbocycles. The second-order valence-electron chi connectivity index (χ2n) is 2.30. The first-order chi connectivity index (χ1) is 5.54. The maximum atomic E-state index is 10.5. The lowest BCUT2D eigenvalue weighted by atomic mass is 10.2. The van der Waals surface area contributed by atoms with Crippen LogP contribution in [0.1, 0.15) is 13.3 Å². The van der Waals surface area contributed by atoms with Gasteiger partial charge in [-0.05, 0) is 6.92 Å². The molecule has 0 aromatic carbocycles. The molecule has 70 valence electrons. The average Bonchev–Trinajstić information content (AvgIpc) is 1.97. The maximum Gasteiger partial charge on any atom is 0.202 e. The highest BCUT2D eigenvalue weighted by molar-refractivity contribution is 7.96. The third-order valence-corrected chi connectivity index (χ3v) is 1.38. The van der Waals surface area contributed by atoms with Crippen LogP contribution in [0.5, 0.6) is 0 Å². The van der Waals surface area contributed by atoms with Gasteiger partial charge in [-0.2, -0.15) is 0 Å². The van der Waals surface area contributed by atoms with Crippen LogP contribution in [0.15, 0.2) is 5.16 Å². The molecule has 0 spiro atoms. The molecule has 6 heteroatoms. The topological polar surface area (TPSA) is 90.7 Å². The molecule has 0 heterocycles. The predicted molar refractivity (Wildman–Crippen MR) is 49.8 cm³/mol. The number of amidine groups is 1. The van der Waals surface area contributed by atoms with E-state index in [1.807, 2.05) is 0 Å². The van der Waals surface area contributed by atoms with Crippen molar-refractivity contribution in [3.8, 4) is 0 Å². The lowest BCUT2D eigenvalue weighted by molar-refractivity contribution is -0.112. The predicted octanol–water partition coefficient (Wildman–Crippen LogP) is -0.531. The highest BCUT2D eigenvalue weighted by Gasteiger charge is 2.07. The van der Waals surface area contributed by atoms with Crippen molar-refractivity contribution in [2.24, 2.45) is 16.6 Å². The first-order valence-electron chi connectivity index (χ1n) is 3.44. The van der Waals surface area contributed by atoms with Gasteiger partial charge in [0.2, 0.25) is 5.12 Å². The van der Waals surface area contributed by atoms with Crippen LogP contribution in [-0.4, -0.2) is 23.6 Å². The molecule has 0 radical (unpaired) electrons. The average molecular weight is 191 g/mol. The smallest absolute Gasteiger partial charge is 0.202 e. The molecule has 0 aliphatic rings. The highest BCUT2D eigenvalue weighted by Crippen LogP contribution is 1.94. The monoisotopic (exact) mass is 191 g/mol. The van der Waals surface area contributed by atoms with E-state index < -0.39 is 6.04 Å². The van der Waals surface area contributed by atoms with Crippen molar-refractivity contribution < 1.29 is 9.63 Å². The molecule has 4 N–H and O–H groups in total. The molecule has 0 amide bonds. The van der Waals surface area contributed by atoms with Crippen molar-refractivity contribution in [1.29, 1.82) is 0 Å². The fraction of sp³-hybridized carbons (Fsp3) is 0.667. The number of carbonyl (C=O) groups is 1. The van der Waals surface area contributed by atoms with Gasteiger partial charge in [-0.1, -0.05) is 5.16 Å². The molecule has 5 nitrogen and oxygen atoms in total. The van der Waals surface area contributed by atoms with Gasteiger partial charge in [0, 0.05) is 6.42 Å². The van der Waals surface area contributed by atoms with E-state index in [0.717, 1.165) is 0 Å². The molecular weight excluding hydrogens is 178 g/mol. The lowest BCUT2D eigenvalue weighted by Gasteiger charge is -2.04. The quantitative estimate of drug-likeness (QED) is 0.179. The van der Waals surface area contributed by atoms with E-state index in [1.165, 1.54) is 0 Å². The summed E-state index contributed by atoms with van der Waals surface area (Å²) in [5.74, 6) is 0.334. The Hall–Kier alpha value is -0.750. The number of rotatable bonds is 5. The number of hydrogen-bond donors (Lipinski definition) is 3. The van der Waals surface area contributed by atoms with Gasteiger partial charge in [0.15, 0.2) is 0 Å². The summed E-state index contributed by atoms with van der Waals surface area (Å²) >= 11 is 3.56. The normalized spacial score (nSPS) is 14.1. The number of thiol groups is 1. The van der Waals surface area contributed by atoms with E-state index in [0.29, 0.717) is 12.3 Å². The summed E-state index contributed by atoms with van der Waals surface area (Å²) in [5, 5.41) is 3.10. The third-order valence-electron chi connectivity index (χ3n) is 1.05. The van der Waals surface area contributed by atoms with Crippen LogP contribution in [0.25, 0.3) is 0 Å². The Labute approximate surface area is 76.5 Å². The van der Waals surface area contributed by atoms with Gasteiger partial charge in [0.05, 0.1) is 6.04 Å². The number of nitrogens with two attached hydrogens (primary N) is 2. The summed E-state index contributed by atoms with van der Waals surface area (Å²) in [6.07, 6.45) is 0.388. The van der Waals surface area contributed by atoms with Gasteiger partial charge in [-0.3, -0.25) is 4.79 Å². The molecule has 0 fully saturated rings. The molecule has 0 saturated heterocycles. The zero-order chi connectivity index (χ0) is 9.56. The maximum absolute atomic E-state index is 10.5. The van der Waals surface area contributed by atoms with Gasteiger partial charge < -0.3 is 16.3 Å². The van der Waals surface area contributed by atoms with Crippen LogP contribution in [0.3, 0.4) is 0 Å². The van der Waals surface area contributed by atoms with Crippen molar-refractivity contribution in [2.75, 3.05) is 6.61 Å². The minimum absolute atomic E-state index is 0.266. The summed E-state index contributed by atoms with van der Waals surface area (Å²) in [4.78, 5) is 15.2. The standard InChI is InChI=1S/C6H13N3O2S/c1-4(7)9-11-3-2-5(8)6(10)12/h5H,2-3,8H2,1H3,(H2,7,9)(H,10,12)/t5-/m0/s1. The van der Waals surface area contributed by atoms with E-state index >= 15 is 0 Å². The van der Waals surface area contributed by atoms with E-state index in [-0.39, 0.29) is 11.7 Å². The van der Waals surface area contributed by atoms with Crippen LogP contribution >= 0.6 is 12.6 Å². The van der Waals surface area contributed by atoms with E-state index in [1.54, 1.807) is 6.92 Å². The molecule has 0 aliphatic carbocycles. The van der Waals surface area contributed by atoms with Crippen molar-refractivity contribution in [3.05, 3.63) is 0 Å². The first kappa shape index (κ1) is 11.2. The van der Waals surface area contributed by atoms with Crippen LogP contribution in [-0.2, 0) is 9.63 Å². The SMILES string of the molecule is C/C(N)=N/OCC[C@H](N)C(=O)S. The Morgan fingerprint density at radius 3 is 2.75 bits per heavy atom. The first-order valence-corrected chi connectivity index (χ1v) is 3.89. The van der Waals surface area contributed by atoms with Crippen molar-refractivity contribution in [1.82, 2.24) is 0 Å². The fourth-order valence-corrected chi connectivity index (χ4v) is 0.580. The summed E-state index contributed by atoms with van der Waals surface area (Å²) in [5.41, 5.74) is 10.5. The second-order valence-corrected chi connectivity index (χ2v) is 2.74. The molecule has 0 bridgehead atoms. The van der Waals surface area contributed by atoms with E-state index in [4.69, 9.17) is 16.3 Å². The van der Waals surface area contributed by atoms with Crippen molar-refractivity contribution in [2.45, 2.75) is 19.4 Å². The number of carbonyl (C=O) groups excluding carboxylic acids is 1. The van der Waals surface area contributed by atoms with Crippen LogP contribution in [0.2, 0.25) is 0 Å². The minimum atomic E-state index is -0.596. The van der Waals surface area contributed by atoms with Crippen molar-refractivity contribution in [3.63, 3.8) is 0 Å². The minimum Gasteiger partial charge on any atom is -0.394 e. The summed E-state index contributed by atoms with van der Waals surface area (Å²) in [7, 11) is 0. The van der Waals surface area contributed by atoms with Gasteiger partial charge in [-0.15, -0.1) is 12.6 Å². The Morgan fingerprint density at radius 2 is 2.33 bits per heavy atom. The van der Waals surface area contributed by atoms with E-state index in [9.17, 15) is 4.79 Å². The molecular formula is C6H13N3O2S. The van der Waals surface area contributed by atoms with Crippen LogP contribution in [0.4, 0.5) is 0 Å².